The highest BCUT2D eigenvalue weighted by Gasteiger charge is 2.69. The number of phenolic OH excluding ortho intramolecular Hbond substituents is 1. The Kier molecular flexibility index (Phi) is 2.07. The molecule has 0 spiro atoms. The monoisotopic (exact) mass is 244 g/mol. The molecule has 18 heavy (non-hydrogen) atoms. The summed E-state index contributed by atoms with van der Waals surface area (Å²) in [5.74, 6) is 0.699. The third-order valence-electron chi connectivity index (χ3n) is 6.13. The average molecular weight is 244 g/mol. The van der Waals surface area contributed by atoms with Crippen molar-refractivity contribution in [3.8, 4) is 5.75 Å². The first kappa shape index (κ1) is 11.8. The molecule has 0 unspecified atom stereocenters. The summed E-state index contributed by atoms with van der Waals surface area (Å²) in [6, 6.07) is 7.44. The number of rotatable bonds is 1. The maximum Gasteiger partial charge on any atom is 0.140 e. The fourth-order valence-electron chi connectivity index (χ4n) is 4.27. The molecule has 3 rings (SSSR count). The van der Waals surface area contributed by atoms with E-state index in [1.54, 1.807) is 12.1 Å². The Morgan fingerprint density at radius 1 is 1.06 bits per heavy atom. The standard InChI is InChI=1S/C16H20O2/c1-14(2)15(3)8-9-16(14,10-13(15)18)11-4-6-12(17)7-5-11/h4-7,17H,8-10H2,1-3H3/t15-,16+/m0/s1. The lowest BCUT2D eigenvalue weighted by Crippen LogP contribution is -2.38. The molecule has 96 valence electrons. The number of hydrogen-bond acceptors (Lipinski definition) is 2. The van der Waals surface area contributed by atoms with Crippen LogP contribution < -0.4 is 0 Å². The van der Waals surface area contributed by atoms with Gasteiger partial charge < -0.3 is 5.11 Å². The van der Waals surface area contributed by atoms with Gasteiger partial charge in [0, 0.05) is 17.3 Å². The smallest absolute Gasteiger partial charge is 0.140 e. The van der Waals surface area contributed by atoms with Gasteiger partial charge in [-0.05, 0) is 36.0 Å². The molecule has 2 aliphatic carbocycles. The van der Waals surface area contributed by atoms with E-state index < -0.39 is 0 Å². The van der Waals surface area contributed by atoms with Crippen LogP contribution in [0.4, 0.5) is 0 Å². The van der Waals surface area contributed by atoms with Crippen LogP contribution in [-0.4, -0.2) is 10.9 Å². The van der Waals surface area contributed by atoms with Crippen LogP contribution in [0.5, 0.6) is 5.75 Å². The molecule has 2 heteroatoms. The summed E-state index contributed by atoms with van der Waals surface area (Å²) in [4.78, 5) is 12.4. The molecule has 1 N–H and O–H groups in total. The van der Waals surface area contributed by atoms with Crippen molar-refractivity contribution in [1.29, 1.82) is 0 Å². The molecule has 0 heterocycles. The van der Waals surface area contributed by atoms with Crippen LogP contribution in [0, 0.1) is 10.8 Å². The Labute approximate surface area is 108 Å². The lowest BCUT2D eigenvalue weighted by atomic mass is 9.62. The molecular weight excluding hydrogens is 224 g/mol. The Hall–Kier alpha value is -1.31. The van der Waals surface area contributed by atoms with Crippen LogP contribution in [0.3, 0.4) is 0 Å². The number of hydrogen-bond donors (Lipinski definition) is 1. The Bertz CT molecular complexity index is 514. The van der Waals surface area contributed by atoms with E-state index in [1.807, 2.05) is 12.1 Å². The fraction of sp³-hybridized carbons (Fsp3) is 0.562. The minimum absolute atomic E-state index is 0.00590. The van der Waals surface area contributed by atoms with Gasteiger partial charge >= 0.3 is 0 Å². The average Bonchev–Trinajstić information content (AvgIpc) is 2.60. The van der Waals surface area contributed by atoms with Crippen molar-refractivity contribution in [3.05, 3.63) is 29.8 Å². The van der Waals surface area contributed by atoms with Crippen molar-refractivity contribution in [2.45, 2.75) is 45.4 Å². The van der Waals surface area contributed by atoms with E-state index in [0.717, 1.165) is 12.8 Å². The normalized spacial score (nSPS) is 37.2. The third-order valence-corrected chi connectivity index (χ3v) is 6.13. The molecule has 2 bridgehead atoms. The van der Waals surface area contributed by atoms with E-state index in [1.165, 1.54) is 5.56 Å². The second-order valence-electron chi connectivity index (χ2n) is 6.69. The quantitative estimate of drug-likeness (QED) is 0.821. The second kappa shape index (κ2) is 3.17. The molecule has 2 saturated carbocycles. The molecule has 0 amide bonds. The number of fused-ring (bicyclic) bond motifs is 2. The molecule has 0 aromatic heterocycles. The summed E-state index contributed by atoms with van der Waals surface area (Å²) < 4.78 is 0. The van der Waals surface area contributed by atoms with Gasteiger partial charge in [0.25, 0.3) is 0 Å². The van der Waals surface area contributed by atoms with Crippen molar-refractivity contribution in [2.24, 2.45) is 10.8 Å². The Morgan fingerprint density at radius 3 is 2.11 bits per heavy atom. The van der Waals surface area contributed by atoms with Crippen LogP contribution in [-0.2, 0) is 10.2 Å². The highest BCUT2D eigenvalue weighted by molar-refractivity contribution is 5.91. The van der Waals surface area contributed by atoms with E-state index in [2.05, 4.69) is 20.8 Å². The van der Waals surface area contributed by atoms with Gasteiger partial charge in [-0.3, -0.25) is 4.79 Å². The molecule has 0 aliphatic heterocycles. The van der Waals surface area contributed by atoms with E-state index in [-0.39, 0.29) is 22.0 Å². The molecule has 1 aromatic rings. The molecule has 2 atom stereocenters. The molecule has 2 fully saturated rings. The first-order chi connectivity index (χ1) is 8.33. The molecule has 0 saturated heterocycles. The van der Waals surface area contributed by atoms with Crippen molar-refractivity contribution in [2.75, 3.05) is 0 Å². The van der Waals surface area contributed by atoms with Gasteiger partial charge in [-0.25, -0.2) is 0 Å². The van der Waals surface area contributed by atoms with Crippen molar-refractivity contribution < 1.29 is 9.90 Å². The van der Waals surface area contributed by atoms with Gasteiger partial charge in [-0.2, -0.15) is 0 Å². The summed E-state index contributed by atoms with van der Waals surface area (Å²) >= 11 is 0. The molecular formula is C16H20O2. The number of aromatic hydroxyl groups is 1. The zero-order chi connectivity index (χ0) is 13.2. The topological polar surface area (TPSA) is 37.3 Å². The second-order valence-corrected chi connectivity index (χ2v) is 6.69. The minimum atomic E-state index is -0.176. The zero-order valence-electron chi connectivity index (χ0n) is 11.3. The third kappa shape index (κ3) is 1.07. The maximum atomic E-state index is 12.4. The SMILES string of the molecule is CC1(C)[C@]2(c3ccc(O)cc3)CC[C@@]1(C)C(=O)C2. The lowest BCUT2D eigenvalue weighted by Gasteiger charge is -2.40. The van der Waals surface area contributed by atoms with Crippen LogP contribution in [0.25, 0.3) is 0 Å². The highest BCUT2D eigenvalue weighted by atomic mass is 16.3. The molecule has 2 nitrogen and oxygen atoms in total. The summed E-state index contributed by atoms with van der Waals surface area (Å²) in [6.07, 6.45) is 2.72. The number of ketones is 1. The Balaban J connectivity index is 2.17. The van der Waals surface area contributed by atoms with Crippen LogP contribution in [0.15, 0.2) is 24.3 Å². The number of Topliss-reactive ketones (excluding diaryl/α,β-unsaturated/α-hetero) is 1. The van der Waals surface area contributed by atoms with Gasteiger partial charge in [0.2, 0.25) is 0 Å². The fourth-order valence-corrected chi connectivity index (χ4v) is 4.27. The summed E-state index contributed by atoms with van der Waals surface area (Å²) in [6.45, 7) is 6.60. The van der Waals surface area contributed by atoms with E-state index >= 15 is 0 Å². The van der Waals surface area contributed by atoms with Crippen LogP contribution >= 0.6 is 0 Å². The maximum absolute atomic E-state index is 12.4. The summed E-state index contributed by atoms with van der Waals surface area (Å²) in [7, 11) is 0. The Morgan fingerprint density at radius 2 is 1.67 bits per heavy atom. The molecule has 0 radical (unpaired) electrons. The lowest BCUT2D eigenvalue weighted by molar-refractivity contribution is -0.128. The van der Waals surface area contributed by atoms with E-state index in [4.69, 9.17) is 0 Å². The van der Waals surface area contributed by atoms with Crippen molar-refractivity contribution in [3.63, 3.8) is 0 Å². The van der Waals surface area contributed by atoms with Gasteiger partial charge in [0.05, 0.1) is 0 Å². The van der Waals surface area contributed by atoms with Crippen LogP contribution in [0.1, 0.15) is 45.6 Å². The molecule has 2 aliphatic rings. The van der Waals surface area contributed by atoms with Gasteiger partial charge in [-0.1, -0.05) is 32.9 Å². The van der Waals surface area contributed by atoms with Gasteiger partial charge in [0.15, 0.2) is 0 Å². The number of benzene rings is 1. The zero-order valence-corrected chi connectivity index (χ0v) is 11.3. The van der Waals surface area contributed by atoms with Gasteiger partial charge in [0.1, 0.15) is 11.5 Å². The minimum Gasteiger partial charge on any atom is -0.508 e. The first-order valence-electron chi connectivity index (χ1n) is 6.66. The highest BCUT2D eigenvalue weighted by Crippen LogP contribution is 2.70. The largest absolute Gasteiger partial charge is 0.508 e. The summed E-state index contributed by atoms with van der Waals surface area (Å²) in [5.41, 5.74) is 0.991. The molecule has 1 aromatic carbocycles. The van der Waals surface area contributed by atoms with E-state index in [9.17, 15) is 9.90 Å². The number of phenols is 1. The predicted molar refractivity (Wildman–Crippen MR) is 70.5 cm³/mol. The van der Waals surface area contributed by atoms with Crippen molar-refractivity contribution in [1.82, 2.24) is 0 Å². The number of carbonyl (C=O) groups is 1. The number of carbonyl (C=O) groups excluding carboxylic acids is 1. The van der Waals surface area contributed by atoms with Crippen molar-refractivity contribution >= 4 is 5.78 Å². The summed E-state index contributed by atoms with van der Waals surface area (Å²) in [5, 5.41) is 9.43. The van der Waals surface area contributed by atoms with E-state index in [0.29, 0.717) is 12.2 Å². The first-order valence-corrected chi connectivity index (χ1v) is 6.66. The predicted octanol–water partition coefficient (Wildman–Crippen LogP) is 3.43. The van der Waals surface area contributed by atoms with Gasteiger partial charge in [-0.15, -0.1) is 0 Å². The van der Waals surface area contributed by atoms with Crippen LogP contribution in [0.2, 0.25) is 0 Å².